The lowest BCUT2D eigenvalue weighted by Gasteiger charge is -2.18. The van der Waals surface area contributed by atoms with Gasteiger partial charge in [0.15, 0.2) is 0 Å². The van der Waals surface area contributed by atoms with Gasteiger partial charge in [0, 0.05) is 22.0 Å². The van der Waals surface area contributed by atoms with Crippen LogP contribution in [0.1, 0.15) is 15.9 Å². The minimum atomic E-state index is -0.705. The Morgan fingerprint density at radius 1 is 0.912 bits per heavy atom. The van der Waals surface area contributed by atoms with E-state index in [1.54, 1.807) is 42.5 Å². The first-order chi connectivity index (χ1) is 16.3. The molecule has 7 nitrogen and oxygen atoms in total. The SMILES string of the molecule is COc1ccc(Cl)cc1N1C(=O)C(Cl)=C(Nc2ccc(C(=O)Nc3cccc(C)c3)cc2)C1=O. The van der Waals surface area contributed by atoms with Gasteiger partial charge in [-0.05, 0) is 67.1 Å². The normalized spacial score (nSPS) is 13.4. The van der Waals surface area contributed by atoms with E-state index in [4.69, 9.17) is 27.9 Å². The van der Waals surface area contributed by atoms with Crippen LogP contribution in [0, 0.1) is 6.92 Å². The number of rotatable bonds is 6. The number of amides is 3. The molecule has 0 aromatic heterocycles. The summed E-state index contributed by atoms with van der Waals surface area (Å²) in [6.45, 7) is 1.94. The second kappa shape index (κ2) is 9.59. The minimum Gasteiger partial charge on any atom is -0.495 e. The van der Waals surface area contributed by atoms with Crippen LogP contribution in [0.2, 0.25) is 5.02 Å². The summed E-state index contributed by atoms with van der Waals surface area (Å²) in [6, 6.07) is 18.5. The van der Waals surface area contributed by atoms with Gasteiger partial charge in [0.1, 0.15) is 16.5 Å². The molecule has 0 unspecified atom stereocenters. The summed E-state index contributed by atoms with van der Waals surface area (Å²) in [4.78, 5) is 39.2. The zero-order valence-corrected chi connectivity index (χ0v) is 19.7. The minimum absolute atomic E-state index is 0.0920. The van der Waals surface area contributed by atoms with E-state index in [1.165, 1.54) is 13.2 Å². The average Bonchev–Trinajstić information content (AvgIpc) is 3.02. The fourth-order valence-corrected chi connectivity index (χ4v) is 3.82. The van der Waals surface area contributed by atoms with Gasteiger partial charge < -0.3 is 15.4 Å². The van der Waals surface area contributed by atoms with Crippen molar-refractivity contribution in [3.63, 3.8) is 0 Å². The van der Waals surface area contributed by atoms with Gasteiger partial charge in [0.2, 0.25) is 0 Å². The number of methoxy groups -OCH3 is 1. The van der Waals surface area contributed by atoms with Gasteiger partial charge in [0.05, 0.1) is 12.8 Å². The molecule has 0 bridgehead atoms. The molecule has 9 heteroatoms. The lowest BCUT2D eigenvalue weighted by molar-refractivity contribution is -0.120. The molecule has 0 radical (unpaired) electrons. The standard InChI is InChI=1S/C25H19Cl2N3O4/c1-14-4-3-5-18(12-14)29-23(31)15-6-9-17(10-7-15)28-22-21(27)24(32)30(25(22)33)19-13-16(26)8-11-20(19)34-2/h3-13,28H,1-2H3,(H,29,31). The number of nitrogens with one attached hydrogen (secondary N) is 2. The highest BCUT2D eigenvalue weighted by Crippen LogP contribution is 2.37. The summed E-state index contributed by atoms with van der Waals surface area (Å²) in [5, 5.41) is 5.77. The van der Waals surface area contributed by atoms with Crippen LogP contribution in [-0.2, 0) is 9.59 Å². The van der Waals surface area contributed by atoms with Crippen molar-refractivity contribution in [3.8, 4) is 5.75 Å². The Morgan fingerprint density at radius 3 is 2.32 bits per heavy atom. The maximum absolute atomic E-state index is 13.1. The number of halogens is 2. The molecule has 34 heavy (non-hydrogen) atoms. The second-order valence-corrected chi connectivity index (χ2v) is 8.29. The Labute approximate surface area is 205 Å². The van der Waals surface area contributed by atoms with Crippen LogP contribution in [0.5, 0.6) is 5.75 Å². The van der Waals surface area contributed by atoms with E-state index in [2.05, 4.69) is 10.6 Å². The fourth-order valence-electron chi connectivity index (χ4n) is 3.44. The van der Waals surface area contributed by atoms with Gasteiger partial charge in [-0.25, -0.2) is 4.90 Å². The predicted octanol–water partition coefficient (Wildman–Crippen LogP) is 5.35. The van der Waals surface area contributed by atoms with Crippen molar-refractivity contribution in [3.05, 3.63) is 93.6 Å². The third-order valence-electron chi connectivity index (χ3n) is 5.10. The number of carbonyl (C=O) groups is 3. The number of hydrogen-bond acceptors (Lipinski definition) is 5. The van der Waals surface area contributed by atoms with Crippen molar-refractivity contribution in [1.29, 1.82) is 0 Å². The molecule has 0 fully saturated rings. The Hall–Kier alpha value is -3.81. The number of carbonyl (C=O) groups excluding carboxylic acids is 3. The highest BCUT2D eigenvalue weighted by Gasteiger charge is 2.40. The van der Waals surface area contributed by atoms with Crippen molar-refractivity contribution in [2.75, 3.05) is 22.6 Å². The topological polar surface area (TPSA) is 87.7 Å². The largest absolute Gasteiger partial charge is 0.495 e. The third-order valence-corrected chi connectivity index (χ3v) is 5.69. The lowest BCUT2D eigenvalue weighted by atomic mass is 10.1. The second-order valence-electron chi connectivity index (χ2n) is 7.48. The quantitative estimate of drug-likeness (QED) is 0.450. The van der Waals surface area contributed by atoms with Crippen molar-refractivity contribution in [2.45, 2.75) is 6.92 Å². The molecule has 0 aliphatic carbocycles. The summed E-state index contributed by atoms with van der Waals surface area (Å²) in [5.74, 6) is -1.35. The molecule has 0 saturated carbocycles. The zero-order valence-electron chi connectivity index (χ0n) is 18.2. The van der Waals surface area contributed by atoms with Crippen LogP contribution in [0.3, 0.4) is 0 Å². The van der Waals surface area contributed by atoms with Crippen LogP contribution in [0.25, 0.3) is 0 Å². The Balaban J connectivity index is 1.51. The number of aryl methyl sites for hydroxylation is 1. The molecule has 4 rings (SSSR count). The maximum Gasteiger partial charge on any atom is 0.283 e. The number of benzene rings is 3. The first-order valence-electron chi connectivity index (χ1n) is 10.2. The molecule has 3 aromatic carbocycles. The fraction of sp³-hybridized carbons (Fsp3) is 0.0800. The molecule has 3 aromatic rings. The number of anilines is 3. The van der Waals surface area contributed by atoms with E-state index >= 15 is 0 Å². The summed E-state index contributed by atoms with van der Waals surface area (Å²) in [6.07, 6.45) is 0. The smallest absolute Gasteiger partial charge is 0.283 e. The van der Waals surface area contributed by atoms with Crippen LogP contribution >= 0.6 is 23.2 Å². The molecule has 0 atom stereocenters. The molecule has 3 amide bonds. The molecule has 0 spiro atoms. The highest BCUT2D eigenvalue weighted by atomic mass is 35.5. The van der Waals surface area contributed by atoms with Crippen LogP contribution in [0.4, 0.5) is 17.1 Å². The van der Waals surface area contributed by atoms with Crippen LogP contribution in [-0.4, -0.2) is 24.8 Å². The van der Waals surface area contributed by atoms with E-state index in [9.17, 15) is 14.4 Å². The van der Waals surface area contributed by atoms with Crippen molar-refractivity contribution < 1.29 is 19.1 Å². The molecule has 1 aliphatic heterocycles. The molecule has 2 N–H and O–H groups in total. The summed E-state index contributed by atoms with van der Waals surface area (Å²) >= 11 is 12.3. The molecule has 1 heterocycles. The van der Waals surface area contributed by atoms with Gasteiger partial charge in [-0.15, -0.1) is 0 Å². The summed E-state index contributed by atoms with van der Waals surface area (Å²) in [5.41, 5.74) is 2.71. The van der Waals surface area contributed by atoms with Crippen molar-refractivity contribution in [1.82, 2.24) is 0 Å². The lowest BCUT2D eigenvalue weighted by Crippen LogP contribution is -2.32. The Morgan fingerprint density at radius 2 is 1.65 bits per heavy atom. The van der Waals surface area contributed by atoms with E-state index in [1.807, 2.05) is 25.1 Å². The van der Waals surface area contributed by atoms with E-state index in [0.29, 0.717) is 27.7 Å². The monoisotopic (exact) mass is 495 g/mol. The van der Waals surface area contributed by atoms with E-state index in [-0.39, 0.29) is 22.3 Å². The van der Waals surface area contributed by atoms with Gasteiger partial charge in [-0.3, -0.25) is 14.4 Å². The number of nitrogens with zero attached hydrogens (tertiary/aromatic N) is 1. The van der Waals surface area contributed by atoms with Gasteiger partial charge in [0.25, 0.3) is 17.7 Å². The van der Waals surface area contributed by atoms with Crippen molar-refractivity contribution >= 4 is 58.0 Å². The van der Waals surface area contributed by atoms with Gasteiger partial charge in [-0.2, -0.15) is 0 Å². The predicted molar refractivity (Wildman–Crippen MR) is 133 cm³/mol. The number of hydrogen-bond donors (Lipinski definition) is 2. The molecular formula is C25H19Cl2N3O4. The zero-order chi connectivity index (χ0) is 24.4. The summed E-state index contributed by atoms with van der Waals surface area (Å²) in [7, 11) is 1.42. The maximum atomic E-state index is 13.1. The molecular weight excluding hydrogens is 477 g/mol. The van der Waals surface area contributed by atoms with Crippen LogP contribution < -0.4 is 20.3 Å². The Kier molecular flexibility index (Phi) is 6.58. The van der Waals surface area contributed by atoms with Crippen molar-refractivity contribution in [2.24, 2.45) is 0 Å². The van der Waals surface area contributed by atoms with E-state index in [0.717, 1.165) is 10.5 Å². The third kappa shape index (κ3) is 4.62. The van der Waals surface area contributed by atoms with Gasteiger partial charge >= 0.3 is 0 Å². The van der Waals surface area contributed by atoms with Crippen LogP contribution in [0.15, 0.2) is 77.5 Å². The highest BCUT2D eigenvalue weighted by molar-refractivity contribution is 6.53. The average molecular weight is 496 g/mol. The van der Waals surface area contributed by atoms with E-state index < -0.39 is 11.8 Å². The molecule has 0 saturated heterocycles. The molecule has 172 valence electrons. The number of ether oxygens (including phenoxy) is 1. The number of imide groups is 1. The van der Waals surface area contributed by atoms with Gasteiger partial charge in [-0.1, -0.05) is 35.3 Å². The Bertz CT molecular complexity index is 1340. The first kappa shape index (κ1) is 23.4. The molecule has 1 aliphatic rings. The summed E-state index contributed by atoms with van der Waals surface area (Å²) < 4.78 is 5.26. The first-order valence-corrected chi connectivity index (χ1v) is 10.9.